The van der Waals surface area contributed by atoms with Crippen molar-refractivity contribution in [3.8, 4) is 0 Å². The third-order valence-corrected chi connectivity index (χ3v) is 7.25. The molecule has 172 valence electrons. The molecule has 1 saturated heterocycles. The Balaban J connectivity index is 1.43. The number of ether oxygens (including phenoxy) is 1. The lowest BCUT2D eigenvalue weighted by Crippen LogP contribution is -2.38. The van der Waals surface area contributed by atoms with Crippen LogP contribution in [0.3, 0.4) is 0 Å². The summed E-state index contributed by atoms with van der Waals surface area (Å²) < 4.78 is 6.88. The Bertz CT molecular complexity index is 1260. The highest BCUT2D eigenvalue weighted by Crippen LogP contribution is 2.36. The van der Waals surface area contributed by atoms with Crippen molar-refractivity contribution in [1.82, 2.24) is 14.4 Å². The van der Waals surface area contributed by atoms with Gasteiger partial charge in [0.05, 0.1) is 35.4 Å². The molecule has 3 aromatic rings. The summed E-state index contributed by atoms with van der Waals surface area (Å²) in [6, 6.07) is 3.84. The fraction of sp³-hybridized carbons (Fsp3) is 0.417. The summed E-state index contributed by atoms with van der Waals surface area (Å²) in [4.78, 5) is 35.7. The summed E-state index contributed by atoms with van der Waals surface area (Å²) in [5.74, 6) is -0.237. The van der Waals surface area contributed by atoms with Crippen LogP contribution in [0.15, 0.2) is 34.6 Å². The molecule has 0 aromatic carbocycles. The van der Waals surface area contributed by atoms with Crippen LogP contribution >= 0.6 is 11.3 Å². The number of morpholine rings is 1. The summed E-state index contributed by atoms with van der Waals surface area (Å²) in [6.07, 6.45) is 9.32. The third kappa shape index (κ3) is 4.69. The number of hydrogen-bond donors (Lipinski definition) is 0. The Labute approximate surface area is 195 Å². The standard InChI is InChI=1S/C24H26N4O4S/c29-22(30)7-5-18-23(27-10-12-32-13-11-27)26-20-14-16(8-9-28(20)24(18)31)4-6-21-25-19(15-33-21)17-2-1-3-17/h5,7-9,14-15,17H,1-4,6,10-13H2,(H,29,30)/p-1/b7-5+. The second kappa shape index (κ2) is 9.44. The first-order chi connectivity index (χ1) is 16.1. The van der Waals surface area contributed by atoms with Crippen molar-refractivity contribution in [3.05, 3.63) is 62.0 Å². The molecule has 8 nitrogen and oxygen atoms in total. The lowest BCUT2D eigenvalue weighted by Gasteiger charge is -2.29. The number of carboxylic acids is 1. The van der Waals surface area contributed by atoms with E-state index in [1.807, 2.05) is 17.0 Å². The lowest BCUT2D eigenvalue weighted by atomic mass is 9.83. The molecule has 4 heterocycles. The Kier molecular flexibility index (Phi) is 6.24. The van der Waals surface area contributed by atoms with Crippen LogP contribution in [0.4, 0.5) is 5.82 Å². The number of fused-ring (bicyclic) bond motifs is 1. The van der Waals surface area contributed by atoms with Crippen molar-refractivity contribution in [2.24, 2.45) is 0 Å². The number of aromatic nitrogens is 3. The molecule has 1 saturated carbocycles. The SMILES string of the molecule is O=C([O-])/C=C/c1c(N2CCOCC2)nc2cc(CCc3nc(C4CCC4)cs3)ccn2c1=O. The second-order valence-corrected chi connectivity index (χ2v) is 9.41. The van der Waals surface area contributed by atoms with E-state index in [1.54, 1.807) is 17.5 Å². The van der Waals surface area contributed by atoms with E-state index in [-0.39, 0.29) is 11.1 Å². The van der Waals surface area contributed by atoms with Crippen LogP contribution in [0.25, 0.3) is 11.7 Å². The fourth-order valence-electron chi connectivity index (χ4n) is 4.23. The monoisotopic (exact) mass is 465 g/mol. The van der Waals surface area contributed by atoms with E-state index < -0.39 is 5.97 Å². The van der Waals surface area contributed by atoms with Gasteiger partial charge in [-0.25, -0.2) is 9.97 Å². The lowest BCUT2D eigenvalue weighted by molar-refractivity contribution is -0.297. The zero-order chi connectivity index (χ0) is 22.8. The molecular formula is C24H25N4O4S-. The van der Waals surface area contributed by atoms with Crippen LogP contribution in [-0.4, -0.2) is 46.6 Å². The average Bonchev–Trinajstić information content (AvgIpc) is 3.24. The number of pyridine rings is 1. The van der Waals surface area contributed by atoms with Gasteiger partial charge < -0.3 is 19.5 Å². The van der Waals surface area contributed by atoms with E-state index >= 15 is 0 Å². The summed E-state index contributed by atoms with van der Waals surface area (Å²) in [5.41, 5.74) is 2.78. The topological polar surface area (TPSA) is 99.9 Å². The number of hydrogen-bond acceptors (Lipinski definition) is 8. The number of carbonyl (C=O) groups is 1. The van der Waals surface area contributed by atoms with Crippen LogP contribution in [0.2, 0.25) is 0 Å². The van der Waals surface area contributed by atoms with Gasteiger partial charge in [0.25, 0.3) is 5.56 Å². The molecule has 1 aliphatic heterocycles. The molecule has 0 atom stereocenters. The van der Waals surface area contributed by atoms with E-state index in [9.17, 15) is 14.7 Å². The van der Waals surface area contributed by atoms with Gasteiger partial charge in [-0.3, -0.25) is 9.20 Å². The molecule has 0 bridgehead atoms. The maximum atomic E-state index is 13.2. The molecule has 2 fully saturated rings. The van der Waals surface area contributed by atoms with Gasteiger partial charge >= 0.3 is 0 Å². The largest absolute Gasteiger partial charge is 0.545 e. The summed E-state index contributed by atoms with van der Waals surface area (Å²) in [5, 5.41) is 14.3. The van der Waals surface area contributed by atoms with E-state index in [2.05, 4.69) is 5.38 Å². The first-order valence-corrected chi connectivity index (χ1v) is 12.2. The van der Waals surface area contributed by atoms with Crippen LogP contribution in [-0.2, 0) is 22.4 Å². The number of carboxylic acid groups (broad SMARTS) is 1. The number of anilines is 1. The predicted molar refractivity (Wildman–Crippen MR) is 125 cm³/mol. The maximum absolute atomic E-state index is 13.2. The van der Waals surface area contributed by atoms with E-state index in [0.29, 0.717) is 43.7 Å². The van der Waals surface area contributed by atoms with Crippen molar-refractivity contribution in [2.75, 3.05) is 31.2 Å². The van der Waals surface area contributed by atoms with Crippen molar-refractivity contribution >= 4 is 34.8 Å². The minimum absolute atomic E-state index is 0.234. The number of thiazole rings is 1. The summed E-state index contributed by atoms with van der Waals surface area (Å²) in [7, 11) is 0. The number of aryl methyl sites for hydroxylation is 2. The first-order valence-electron chi connectivity index (χ1n) is 11.3. The molecule has 0 amide bonds. The van der Waals surface area contributed by atoms with Gasteiger partial charge in [-0.2, -0.15) is 0 Å². The van der Waals surface area contributed by atoms with E-state index in [4.69, 9.17) is 14.7 Å². The number of nitrogens with zero attached hydrogens (tertiary/aromatic N) is 4. The van der Waals surface area contributed by atoms with Crippen molar-refractivity contribution < 1.29 is 14.6 Å². The maximum Gasteiger partial charge on any atom is 0.267 e. The van der Waals surface area contributed by atoms with E-state index in [1.165, 1.54) is 35.4 Å². The zero-order valence-electron chi connectivity index (χ0n) is 18.2. The van der Waals surface area contributed by atoms with Crippen LogP contribution in [0.5, 0.6) is 0 Å². The molecule has 2 aliphatic rings. The Morgan fingerprint density at radius 3 is 2.79 bits per heavy atom. The Morgan fingerprint density at radius 1 is 1.24 bits per heavy atom. The minimum Gasteiger partial charge on any atom is -0.545 e. The van der Waals surface area contributed by atoms with Gasteiger partial charge in [0.2, 0.25) is 0 Å². The Morgan fingerprint density at radius 2 is 2.06 bits per heavy atom. The molecule has 0 spiro atoms. The second-order valence-electron chi connectivity index (χ2n) is 8.46. The van der Waals surface area contributed by atoms with Gasteiger partial charge in [0.1, 0.15) is 11.5 Å². The van der Waals surface area contributed by atoms with Gasteiger partial charge in [0.15, 0.2) is 0 Å². The molecule has 33 heavy (non-hydrogen) atoms. The van der Waals surface area contributed by atoms with Gasteiger partial charge in [-0.15, -0.1) is 11.3 Å². The quantitative estimate of drug-likeness (QED) is 0.491. The summed E-state index contributed by atoms with van der Waals surface area (Å²) >= 11 is 1.72. The first kappa shape index (κ1) is 21.8. The van der Waals surface area contributed by atoms with Gasteiger partial charge in [-0.1, -0.05) is 6.42 Å². The highest BCUT2D eigenvalue weighted by atomic mass is 32.1. The highest BCUT2D eigenvalue weighted by molar-refractivity contribution is 7.09. The van der Waals surface area contributed by atoms with Crippen molar-refractivity contribution in [2.45, 2.75) is 38.0 Å². The molecule has 3 aromatic heterocycles. The molecule has 0 unspecified atom stereocenters. The number of rotatable bonds is 7. The molecule has 0 N–H and O–H groups in total. The van der Waals surface area contributed by atoms with E-state index in [0.717, 1.165) is 29.5 Å². The molecular weight excluding hydrogens is 440 g/mol. The van der Waals surface area contributed by atoms with Crippen LogP contribution in [0.1, 0.15) is 47.0 Å². The number of carbonyl (C=O) groups excluding carboxylic acids is 1. The summed E-state index contributed by atoms with van der Waals surface area (Å²) in [6.45, 7) is 2.23. The van der Waals surface area contributed by atoms with Crippen LogP contribution < -0.4 is 15.6 Å². The van der Waals surface area contributed by atoms with Crippen LogP contribution in [0, 0.1) is 0 Å². The molecule has 9 heteroatoms. The highest BCUT2D eigenvalue weighted by Gasteiger charge is 2.22. The molecule has 1 aliphatic carbocycles. The normalized spacial score (nSPS) is 17.0. The van der Waals surface area contributed by atoms with Crippen molar-refractivity contribution in [1.29, 1.82) is 0 Å². The fourth-order valence-corrected chi connectivity index (χ4v) is 5.11. The molecule has 0 radical (unpaired) electrons. The Hall–Kier alpha value is -3.04. The smallest absolute Gasteiger partial charge is 0.267 e. The molecule has 5 rings (SSSR count). The number of aliphatic carboxylic acids is 1. The zero-order valence-corrected chi connectivity index (χ0v) is 19.1. The third-order valence-electron chi connectivity index (χ3n) is 6.33. The predicted octanol–water partition coefficient (Wildman–Crippen LogP) is 1.80. The van der Waals surface area contributed by atoms with Gasteiger partial charge in [-0.05, 0) is 49.1 Å². The minimum atomic E-state index is -1.36. The average molecular weight is 466 g/mol. The van der Waals surface area contributed by atoms with Crippen molar-refractivity contribution in [3.63, 3.8) is 0 Å². The van der Waals surface area contributed by atoms with Gasteiger partial charge in [0, 0.05) is 37.0 Å².